The van der Waals surface area contributed by atoms with Crippen molar-refractivity contribution in [3.63, 3.8) is 0 Å². The van der Waals surface area contributed by atoms with Crippen LogP contribution >= 0.6 is 11.6 Å². The number of methoxy groups -OCH3 is 2. The third-order valence-corrected chi connectivity index (χ3v) is 4.16. The van der Waals surface area contributed by atoms with E-state index in [0.717, 1.165) is 29.0 Å². The molecule has 0 radical (unpaired) electrons. The highest BCUT2D eigenvalue weighted by Crippen LogP contribution is 2.32. The highest BCUT2D eigenvalue weighted by Gasteiger charge is 2.12. The van der Waals surface area contributed by atoms with Crippen LogP contribution < -0.4 is 9.47 Å². The Morgan fingerprint density at radius 3 is 2.24 bits per heavy atom. The van der Waals surface area contributed by atoms with Gasteiger partial charge in [0.15, 0.2) is 11.5 Å². The predicted molar refractivity (Wildman–Crippen MR) is 87.8 cm³/mol. The van der Waals surface area contributed by atoms with E-state index in [4.69, 9.17) is 21.1 Å². The average Bonchev–Trinajstić information content (AvgIpc) is 2.49. The summed E-state index contributed by atoms with van der Waals surface area (Å²) in [6.45, 7) is 4.22. The lowest BCUT2D eigenvalue weighted by molar-refractivity contribution is 0.354. The monoisotopic (exact) mass is 304 g/mol. The van der Waals surface area contributed by atoms with Gasteiger partial charge in [-0.05, 0) is 54.7 Å². The van der Waals surface area contributed by atoms with Gasteiger partial charge in [0.25, 0.3) is 0 Å². The van der Waals surface area contributed by atoms with Gasteiger partial charge in [0.2, 0.25) is 0 Å². The molecule has 3 heteroatoms. The molecule has 2 aromatic rings. The molecule has 1 unspecified atom stereocenters. The topological polar surface area (TPSA) is 18.5 Å². The summed E-state index contributed by atoms with van der Waals surface area (Å²) in [7, 11) is 3.28. The summed E-state index contributed by atoms with van der Waals surface area (Å²) in [6, 6.07) is 12.3. The standard InChI is InChI=1S/C18H21ClO2/c1-12-5-7-15(9-13(12)2)16(19)10-14-6-8-17(20-3)18(11-14)21-4/h5-9,11,16H,10H2,1-4H3. The van der Waals surface area contributed by atoms with Crippen molar-refractivity contribution in [2.24, 2.45) is 0 Å². The van der Waals surface area contributed by atoms with E-state index in [1.165, 1.54) is 11.1 Å². The number of aryl methyl sites for hydroxylation is 2. The van der Waals surface area contributed by atoms with Gasteiger partial charge < -0.3 is 9.47 Å². The molecular formula is C18H21ClO2. The van der Waals surface area contributed by atoms with E-state index in [1.54, 1.807) is 14.2 Å². The Kier molecular flexibility index (Phi) is 5.13. The van der Waals surface area contributed by atoms with Crippen molar-refractivity contribution < 1.29 is 9.47 Å². The van der Waals surface area contributed by atoms with Crippen LogP contribution in [0.4, 0.5) is 0 Å². The Morgan fingerprint density at radius 2 is 1.62 bits per heavy atom. The van der Waals surface area contributed by atoms with Gasteiger partial charge in [0.1, 0.15) is 0 Å². The third kappa shape index (κ3) is 3.70. The normalized spacial score (nSPS) is 12.0. The zero-order valence-corrected chi connectivity index (χ0v) is 13.7. The van der Waals surface area contributed by atoms with E-state index in [0.29, 0.717) is 0 Å². The zero-order chi connectivity index (χ0) is 15.4. The quantitative estimate of drug-likeness (QED) is 0.736. The molecule has 0 saturated carbocycles. The molecule has 112 valence electrons. The average molecular weight is 305 g/mol. The van der Waals surface area contributed by atoms with Crippen LogP contribution in [-0.4, -0.2) is 14.2 Å². The Balaban J connectivity index is 2.18. The molecule has 2 aromatic carbocycles. The van der Waals surface area contributed by atoms with Crippen LogP contribution in [0, 0.1) is 13.8 Å². The van der Waals surface area contributed by atoms with Gasteiger partial charge in [-0.2, -0.15) is 0 Å². The van der Waals surface area contributed by atoms with Crippen molar-refractivity contribution in [3.05, 3.63) is 58.7 Å². The maximum Gasteiger partial charge on any atom is 0.160 e. The highest BCUT2D eigenvalue weighted by molar-refractivity contribution is 6.20. The Morgan fingerprint density at radius 1 is 0.905 bits per heavy atom. The lowest BCUT2D eigenvalue weighted by Gasteiger charge is -2.14. The summed E-state index contributed by atoms with van der Waals surface area (Å²) < 4.78 is 10.6. The first-order valence-electron chi connectivity index (χ1n) is 6.97. The number of ether oxygens (including phenoxy) is 2. The van der Waals surface area contributed by atoms with Gasteiger partial charge in [-0.1, -0.05) is 24.3 Å². The molecule has 0 aliphatic heterocycles. The van der Waals surface area contributed by atoms with Crippen LogP contribution in [0.15, 0.2) is 36.4 Å². The van der Waals surface area contributed by atoms with Gasteiger partial charge >= 0.3 is 0 Å². The molecule has 0 aliphatic rings. The zero-order valence-electron chi connectivity index (χ0n) is 12.9. The number of halogens is 1. The van der Waals surface area contributed by atoms with Crippen molar-refractivity contribution in [1.82, 2.24) is 0 Å². The van der Waals surface area contributed by atoms with Crippen molar-refractivity contribution in [2.45, 2.75) is 25.6 Å². The van der Waals surface area contributed by atoms with Gasteiger partial charge in [-0.15, -0.1) is 11.6 Å². The van der Waals surface area contributed by atoms with E-state index in [1.807, 2.05) is 18.2 Å². The van der Waals surface area contributed by atoms with E-state index >= 15 is 0 Å². The van der Waals surface area contributed by atoms with Crippen molar-refractivity contribution in [2.75, 3.05) is 14.2 Å². The van der Waals surface area contributed by atoms with Gasteiger partial charge in [0.05, 0.1) is 19.6 Å². The Labute approximate surface area is 131 Å². The van der Waals surface area contributed by atoms with E-state index < -0.39 is 0 Å². The first kappa shape index (κ1) is 15.7. The maximum atomic E-state index is 6.56. The largest absolute Gasteiger partial charge is 0.493 e. The molecule has 0 saturated heterocycles. The molecule has 1 atom stereocenters. The maximum absolute atomic E-state index is 6.56. The number of rotatable bonds is 5. The first-order chi connectivity index (χ1) is 10.0. The van der Waals surface area contributed by atoms with Crippen LogP contribution in [0.3, 0.4) is 0 Å². The first-order valence-corrected chi connectivity index (χ1v) is 7.41. The molecule has 0 aromatic heterocycles. The van der Waals surface area contributed by atoms with Crippen molar-refractivity contribution in [1.29, 1.82) is 0 Å². The Hall–Kier alpha value is -1.67. The number of hydrogen-bond acceptors (Lipinski definition) is 2. The van der Waals surface area contributed by atoms with E-state index in [9.17, 15) is 0 Å². The summed E-state index contributed by atoms with van der Waals surface area (Å²) in [6.07, 6.45) is 0.754. The fraction of sp³-hybridized carbons (Fsp3) is 0.333. The van der Waals surface area contributed by atoms with Crippen LogP contribution in [-0.2, 0) is 6.42 Å². The van der Waals surface area contributed by atoms with Gasteiger partial charge in [-0.25, -0.2) is 0 Å². The molecule has 21 heavy (non-hydrogen) atoms. The summed E-state index contributed by atoms with van der Waals surface area (Å²) in [5.41, 5.74) is 4.83. The molecular weight excluding hydrogens is 284 g/mol. The van der Waals surface area contributed by atoms with E-state index in [2.05, 4.69) is 32.0 Å². The van der Waals surface area contributed by atoms with Crippen molar-refractivity contribution >= 4 is 11.6 Å². The summed E-state index contributed by atoms with van der Waals surface area (Å²) in [4.78, 5) is 0. The third-order valence-electron chi connectivity index (χ3n) is 3.76. The minimum Gasteiger partial charge on any atom is -0.493 e. The van der Waals surface area contributed by atoms with Crippen LogP contribution in [0.1, 0.15) is 27.6 Å². The second kappa shape index (κ2) is 6.86. The highest BCUT2D eigenvalue weighted by atomic mass is 35.5. The van der Waals surface area contributed by atoms with Crippen LogP contribution in [0.2, 0.25) is 0 Å². The molecule has 0 fully saturated rings. The summed E-state index contributed by atoms with van der Waals surface area (Å²) in [5, 5.41) is -0.0533. The molecule has 0 amide bonds. The molecule has 2 nitrogen and oxygen atoms in total. The fourth-order valence-corrected chi connectivity index (χ4v) is 2.61. The summed E-state index contributed by atoms with van der Waals surface area (Å²) >= 11 is 6.56. The predicted octanol–water partition coefficient (Wildman–Crippen LogP) is 4.84. The van der Waals surface area contributed by atoms with Crippen LogP contribution in [0.25, 0.3) is 0 Å². The fourth-order valence-electron chi connectivity index (χ4n) is 2.29. The van der Waals surface area contributed by atoms with Gasteiger partial charge in [-0.3, -0.25) is 0 Å². The lowest BCUT2D eigenvalue weighted by Crippen LogP contribution is -1.98. The number of benzene rings is 2. The molecule has 2 rings (SSSR count). The second-order valence-corrected chi connectivity index (χ2v) is 5.73. The van der Waals surface area contributed by atoms with E-state index in [-0.39, 0.29) is 5.38 Å². The number of hydrogen-bond donors (Lipinski definition) is 0. The smallest absolute Gasteiger partial charge is 0.160 e. The van der Waals surface area contributed by atoms with Crippen molar-refractivity contribution in [3.8, 4) is 11.5 Å². The molecule has 0 aliphatic carbocycles. The molecule has 0 bridgehead atoms. The Bertz CT molecular complexity index is 623. The molecule has 0 spiro atoms. The molecule has 0 heterocycles. The lowest BCUT2D eigenvalue weighted by atomic mass is 10.00. The summed E-state index contributed by atoms with van der Waals surface area (Å²) in [5.74, 6) is 1.47. The molecule has 0 N–H and O–H groups in total. The second-order valence-electron chi connectivity index (χ2n) is 5.20. The SMILES string of the molecule is COc1ccc(CC(Cl)c2ccc(C)c(C)c2)cc1OC. The van der Waals surface area contributed by atoms with Crippen LogP contribution in [0.5, 0.6) is 11.5 Å². The van der Waals surface area contributed by atoms with Gasteiger partial charge in [0, 0.05) is 0 Å². The number of alkyl halides is 1. The minimum absolute atomic E-state index is 0.0533. The minimum atomic E-state index is -0.0533.